The van der Waals surface area contributed by atoms with E-state index in [2.05, 4.69) is 38.0 Å². The van der Waals surface area contributed by atoms with Gasteiger partial charge in [0.15, 0.2) is 0 Å². The van der Waals surface area contributed by atoms with Crippen LogP contribution >= 0.6 is 0 Å². The van der Waals surface area contributed by atoms with Gasteiger partial charge in [-0.1, -0.05) is 20.8 Å². The van der Waals surface area contributed by atoms with Crippen molar-refractivity contribution in [1.82, 2.24) is 10.2 Å². The van der Waals surface area contributed by atoms with Crippen LogP contribution in [0.15, 0.2) is 0 Å². The molecule has 0 saturated carbocycles. The molecule has 0 spiro atoms. The Balaban J connectivity index is 3.47. The third-order valence-electron chi connectivity index (χ3n) is 2.48. The van der Waals surface area contributed by atoms with Gasteiger partial charge in [-0.05, 0) is 25.9 Å². The molecule has 0 rings (SSSR count). The summed E-state index contributed by atoms with van der Waals surface area (Å²) in [6, 6.07) is 0. The first-order valence-corrected chi connectivity index (χ1v) is 4.91. The summed E-state index contributed by atoms with van der Waals surface area (Å²) in [7, 11) is 4.19. The molecule has 0 heterocycles. The molecule has 2 heteroatoms. The highest BCUT2D eigenvalue weighted by Gasteiger charge is 2.09. The molecule has 0 radical (unpaired) electrons. The Morgan fingerprint density at radius 3 is 2.25 bits per heavy atom. The fourth-order valence-corrected chi connectivity index (χ4v) is 1.10. The molecule has 0 aromatic carbocycles. The summed E-state index contributed by atoms with van der Waals surface area (Å²) >= 11 is 0. The van der Waals surface area contributed by atoms with Crippen LogP contribution in [0.25, 0.3) is 0 Å². The maximum atomic E-state index is 3.16. The first kappa shape index (κ1) is 11.9. The summed E-state index contributed by atoms with van der Waals surface area (Å²) < 4.78 is 0. The van der Waals surface area contributed by atoms with Crippen LogP contribution in [0.1, 0.15) is 20.8 Å². The van der Waals surface area contributed by atoms with Crippen LogP contribution < -0.4 is 5.32 Å². The van der Waals surface area contributed by atoms with Gasteiger partial charge in [0.1, 0.15) is 0 Å². The molecule has 0 aromatic heterocycles. The molecular formula is C10H24N2. The molecule has 0 aromatic rings. The lowest BCUT2D eigenvalue weighted by molar-refractivity contribution is 0.251. The topological polar surface area (TPSA) is 15.3 Å². The van der Waals surface area contributed by atoms with Gasteiger partial charge >= 0.3 is 0 Å². The lowest BCUT2D eigenvalue weighted by atomic mass is 9.98. The molecule has 1 N–H and O–H groups in total. The van der Waals surface area contributed by atoms with E-state index in [0.29, 0.717) is 0 Å². The zero-order chi connectivity index (χ0) is 9.56. The minimum Gasteiger partial charge on any atom is -0.318 e. The molecule has 0 aliphatic rings. The van der Waals surface area contributed by atoms with Crippen LogP contribution in [-0.2, 0) is 0 Å². The fourth-order valence-electron chi connectivity index (χ4n) is 1.10. The highest BCUT2D eigenvalue weighted by Crippen LogP contribution is 2.09. The molecular weight excluding hydrogens is 148 g/mol. The normalized spacial score (nSPS) is 14.2. The maximum Gasteiger partial charge on any atom is 0.0104 e. The van der Waals surface area contributed by atoms with Crippen LogP contribution in [0.3, 0.4) is 0 Å². The van der Waals surface area contributed by atoms with Gasteiger partial charge in [0.05, 0.1) is 0 Å². The lowest BCUT2D eigenvalue weighted by Crippen LogP contribution is -2.32. The van der Waals surface area contributed by atoms with E-state index in [4.69, 9.17) is 0 Å². The molecule has 1 atom stereocenters. The predicted octanol–water partition coefficient (Wildman–Crippen LogP) is 1.43. The molecule has 0 bridgehead atoms. The summed E-state index contributed by atoms with van der Waals surface area (Å²) in [5.74, 6) is 1.59. The molecule has 0 amide bonds. The number of hydrogen-bond donors (Lipinski definition) is 1. The summed E-state index contributed by atoms with van der Waals surface area (Å²) in [5, 5.41) is 3.16. The van der Waals surface area contributed by atoms with E-state index in [-0.39, 0.29) is 0 Å². The van der Waals surface area contributed by atoms with Crippen LogP contribution in [0.5, 0.6) is 0 Å². The first-order valence-electron chi connectivity index (χ1n) is 4.91. The number of hydrogen-bond acceptors (Lipinski definition) is 2. The van der Waals surface area contributed by atoms with Gasteiger partial charge in [-0.2, -0.15) is 0 Å². The second-order valence-corrected chi connectivity index (χ2v) is 4.09. The Morgan fingerprint density at radius 1 is 1.25 bits per heavy atom. The predicted molar refractivity (Wildman–Crippen MR) is 55.4 cm³/mol. The molecule has 0 aliphatic carbocycles. The van der Waals surface area contributed by atoms with Gasteiger partial charge in [0.2, 0.25) is 0 Å². The van der Waals surface area contributed by atoms with Crippen LogP contribution in [0.2, 0.25) is 0 Å². The quantitative estimate of drug-likeness (QED) is 0.652. The van der Waals surface area contributed by atoms with Crippen molar-refractivity contribution in [2.45, 2.75) is 20.8 Å². The van der Waals surface area contributed by atoms with Crippen LogP contribution in [0.4, 0.5) is 0 Å². The zero-order valence-corrected chi connectivity index (χ0v) is 9.22. The number of nitrogens with zero attached hydrogens (tertiary/aromatic N) is 1. The van der Waals surface area contributed by atoms with Gasteiger partial charge in [0, 0.05) is 19.6 Å². The van der Waals surface area contributed by atoms with Crippen molar-refractivity contribution in [3.63, 3.8) is 0 Å². The highest BCUT2D eigenvalue weighted by molar-refractivity contribution is 4.62. The van der Waals surface area contributed by atoms with E-state index < -0.39 is 0 Å². The second kappa shape index (κ2) is 6.44. The SMILES string of the molecule is CNCCN(C)CC(C)C(C)C. The van der Waals surface area contributed by atoms with Gasteiger partial charge < -0.3 is 10.2 Å². The van der Waals surface area contributed by atoms with Crippen LogP contribution in [0, 0.1) is 11.8 Å². The minimum atomic E-state index is 0.794. The Bertz CT molecular complexity index is 102. The van der Waals surface area contributed by atoms with E-state index in [1.807, 2.05) is 7.05 Å². The smallest absolute Gasteiger partial charge is 0.0104 e. The Hall–Kier alpha value is -0.0800. The molecule has 0 aliphatic heterocycles. The standard InChI is InChI=1S/C10H24N2/c1-9(2)10(3)8-12(5)7-6-11-4/h9-11H,6-8H2,1-5H3. The average molecular weight is 172 g/mol. The third-order valence-corrected chi connectivity index (χ3v) is 2.48. The second-order valence-electron chi connectivity index (χ2n) is 4.09. The number of likely N-dealkylation sites (N-methyl/N-ethyl adjacent to an activating group) is 2. The van der Waals surface area contributed by atoms with Gasteiger partial charge in [0.25, 0.3) is 0 Å². The van der Waals surface area contributed by atoms with Crippen molar-refractivity contribution >= 4 is 0 Å². The zero-order valence-electron chi connectivity index (χ0n) is 9.22. The molecule has 1 unspecified atom stereocenters. The van der Waals surface area contributed by atoms with Crippen molar-refractivity contribution in [3.05, 3.63) is 0 Å². The summed E-state index contributed by atoms with van der Waals surface area (Å²) in [5.41, 5.74) is 0. The summed E-state index contributed by atoms with van der Waals surface area (Å²) in [6.45, 7) is 10.3. The monoisotopic (exact) mass is 172 g/mol. The molecule has 12 heavy (non-hydrogen) atoms. The van der Waals surface area contributed by atoms with E-state index >= 15 is 0 Å². The third kappa shape index (κ3) is 5.56. The minimum absolute atomic E-state index is 0.794. The summed E-state index contributed by atoms with van der Waals surface area (Å²) in [6.07, 6.45) is 0. The number of nitrogens with one attached hydrogen (secondary N) is 1. The fraction of sp³-hybridized carbons (Fsp3) is 1.00. The van der Waals surface area contributed by atoms with Crippen molar-refractivity contribution in [2.75, 3.05) is 33.7 Å². The van der Waals surface area contributed by atoms with E-state index in [1.165, 1.54) is 6.54 Å². The van der Waals surface area contributed by atoms with Crippen LogP contribution in [-0.4, -0.2) is 38.6 Å². The molecule has 0 saturated heterocycles. The Kier molecular flexibility index (Phi) is 6.39. The van der Waals surface area contributed by atoms with Gasteiger partial charge in [-0.25, -0.2) is 0 Å². The highest BCUT2D eigenvalue weighted by atomic mass is 15.1. The first-order chi connectivity index (χ1) is 5.57. The van der Waals surface area contributed by atoms with Crippen molar-refractivity contribution in [1.29, 1.82) is 0 Å². The van der Waals surface area contributed by atoms with E-state index in [9.17, 15) is 0 Å². The maximum absolute atomic E-state index is 3.16. The summed E-state index contributed by atoms with van der Waals surface area (Å²) in [4.78, 5) is 2.39. The van der Waals surface area contributed by atoms with Crippen molar-refractivity contribution in [2.24, 2.45) is 11.8 Å². The van der Waals surface area contributed by atoms with Crippen molar-refractivity contribution in [3.8, 4) is 0 Å². The van der Waals surface area contributed by atoms with Crippen molar-refractivity contribution < 1.29 is 0 Å². The molecule has 2 nitrogen and oxygen atoms in total. The lowest BCUT2D eigenvalue weighted by Gasteiger charge is -2.23. The Morgan fingerprint density at radius 2 is 1.83 bits per heavy atom. The molecule has 74 valence electrons. The largest absolute Gasteiger partial charge is 0.318 e. The molecule has 0 fully saturated rings. The van der Waals surface area contributed by atoms with Gasteiger partial charge in [-0.15, -0.1) is 0 Å². The van der Waals surface area contributed by atoms with E-state index in [0.717, 1.165) is 24.9 Å². The number of rotatable bonds is 6. The average Bonchev–Trinajstić information content (AvgIpc) is 2.00. The van der Waals surface area contributed by atoms with Gasteiger partial charge in [-0.3, -0.25) is 0 Å². The Labute approximate surface area is 77.3 Å². The van der Waals surface area contributed by atoms with E-state index in [1.54, 1.807) is 0 Å².